The highest BCUT2D eigenvalue weighted by Crippen LogP contribution is 2.15. The van der Waals surface area contributed by atoms with Gasteiger partial charge in [-0.3, -0.25) is 9.59 Å². The molecular formula is C22H27ClN2O3. The number of rotatable bonds is 8. The molecule has 0 saturated carbocycles. The number of hydrogen-bond donors (Lipinski definition) is 1. The molecule has 0 aliphatic rings. The topological polar surface area (TPSA) is 58.6 Å². The fourth-order valence-electron chi connectivity index (χ4n) is 2.79. The van der Waals surface area contributed by atoms with Crippen molar-refractivity contribution in [1.29, 1.82) is 0 Å². The molecule has 5 nitrogen and oxygen atoms in total. The standard InChI is InChI=1S/C22H27ClN2O3/c1-5-28-19-12-6-16(7-13-19)14-25(4)22(27)20(15(2)3)24-21(26)17-8-10-18(23)11-9-17/h6-13,15,20H,5,14H2,1-4H3,(H,24,26)/t20-/m0/s1. The Hall–Kier alpha value is -2.53. The van der Waals surface area contributed by atoms with Crippen molar-refractivity contribution in [1.82, 2.24) is 10.2 Å². The molecule has 6 heteroatoms. The van der Waals surface area contributed by atoms with Gasteiger partial charge < -0.3 is 15.0 Å². The predicted octanol–water partition coefficient (Wildman–Crippen LogP) is 4.15. The van der Waals surface area contributed by atoms with Gasteiger partial charge in [0.05, 0.1) is 6.61 Å². The van der Waals surface area contributed by atoms with E-state index in [0.717, 1.165) is 11.3 Å². The van der Waals surface area contributed by atoms with Gasteiger partial charge in [0.25, 0.3) is 5.91 Å². The highest BCUT2D eigenvalue weighted by Gasteiger charge is 2.27. The number of benzene rings is 2. The predicted molar refractivity (Wildman–Crippen MR) is 112 cm³/mol. The average molecular weight is 403 g/mol. The fourth-order valence-corrected chi connectivity index (χ4v) is 2.91. The molecule has 0 aliphatic carbocycles. The molecule has 2 rings (SSSR count). The maximum Gasteiger partial charge on any atom is 0.251 e. The molecule has 2 amide bonds. The van der Waals surface area contributed by atoms with Crippen molar-refractivity contribution in [3.8, 4) is 5.75 Å². The number of ether oxygens (including phenoxy) is 1. The van der Waals surface area contributed by atoms with Crippen molar-refractivity contribution in [2.75, 3.05) is 13.7 Å². The number of nitrogens with one attached hydrogen (secondary N) is 1. The van der Waals surface area contributed by atoms with E-state index in [1.54, 1.807) is 36.2 Å². The Balaban J connectivity index is 2.04. The summed E-state index contributed by atoms with van der Waals surface area (Å²) in [6.07, 6.45) is 0. The molecule has 150 valence electrons. The third kappa shape index (κ3) is 5.99. The van der Waals surface area contributed by atoms with Crippen LogP contribution in [0.5, 0.6) is 5.75 Å². The van der Waals surface area contributed by atoms with Crippen LogP contribution in [0.1, 0.15) is 36.7 Å². The van der Waals surface area contributed by atoms with E-state index < -0.39 is 6.04 Å². The molecule has 0 unspecified atom stereocenters. The van der Waals surface area contributed by atoms with Crippen LogP contribution in [0.25, 0.3) is 0 Å². The molecule has 0 saturated heterocycles. The van der Waals surface area contributed by atoms with Gasteiger partial charge in [-0.2, -0.15) is 0 Å². The van der Waals surface area contributed by atoms with Gasteiger partial charge in [-0.05, 0) is 54.8 Å². The third-order valence-electron chi connectivity index (χ3n) is 4.36. The van der Waals surface area contributed by atoms with Crippen LogP contribution in [0.4, 0.5) is 0 Å². The molecule has 0 aromatic heterocycles. The van der Waals surface area contributed by atoms with Crippen LogP contribution in [-0.4, -0.2) is 36.4 Å². The van der Waals surface area contributed by atoms with Gasteiger partial charge >= 0.3 is 0 Å². The molecule has 1 atom stereocenters. The molecule has 0 heterocycles. The van der Waals surface area contributed by atoms with Gasteiger partial charge in [-0.15, -0.1) is 0 Å². The first-order valence-electron chi connectivity index (χ1n) is 9.35. The lowest BCUT2D eigenvalue weighted by atomic mass is 10.0. The van der Waals surface area contributed by atoms with Crippen LogP contribution in [-0.2, 0) is 11.3 Å². The van der Waals surface area contributed by atoms with Crippen LogP contribution in [0.15, 0.2) is 48.5 Å². The Kier molecular flexibility index (Phi) is 7.88. The highest BCUT2D eigenvalue weighted by molar-refractivity contribution is 6.30. The van der Waals surface area contributed by atoms with E-state index in [0.29, 0.717) is 23.7 Å². The molecule has 0 fully saturated rings. The van der Waals surface area contributed by atoms with Gasteiger partial charge in [0.2, 0.25) is 5.91 Å². The second-order valence-corrected chi connectivity index (χ2v) is 7.41. The van der Waals surface area contributed by atoms with Crippen LogP contribution in [0, 0.1) is 5.92 Å². The van der Waals surface area contributed by atoms with Gasteiger partial charge in [0.1, 0.15) is 11.8 Å². The Labute approximate surface area is 171 Å². The summed E-state index contributed by atoms with van der Waals surface area (Å²) in [5.41, 5.74) is 1.46. The number of hydrogen-bond acceptors (Lipinski definition) is 3. The number of carbonyl (C=O) groups excluding carboxylic acids is 2. The number of carbonyl (C=O) groups is 2. The Bertz CT molecular complexity index is 788. The summed E-state index contributed by atoms with van der Waals surface area (Å²) in [5, 5.41) is 3.41. The molecular weight excluding hydrogens is 376 g/mol. The van der Waals surface area contributed by atoms with Gasteiger partial charge in [-0.1, -0.05) is 37.6 Å². The zero-order valence-electron chi connectivity index (χ0n) is 16.7. The van der Waals surface area contributed by atoms with Crippen molar-refractivity contribution < 1.29 is 14.3 Å². The quantitative estimate of drug-likeness (QED) is 0.721. The number of likely N-dealkylation sites (N-methyl/N-ethyl adjacent to an activating group) is 1. The van der Waals surface area contributed by atoms with Crippen LogP contribution in [0.2, 0.25) is 5.02 Å². The first-order valence-corrected chi connectivity index (χ1v) is 9.72. The van der Waals surface area contributed by atoms with E-state index >= 15 is 0 Å². The summed E-state index contributed by atoms with van der Waals surface area (Å²) in [6, 6.07) is 13.6. The average Bonchev–Trinajstić information content (AvgIpc) is 2.67. The van der Waals surface area contributed by atoms with Crippen LogP contribution >= 0.6 is 11.6 Å². The lowest BCUT2D eigenvalue weighted by Crippen LogP contribution is -2.50. The Morgan fingerprint density at radius 3 is 2.21 bits per heavy atom. The number of halogens is 1. The molecule has 2 aromatic rings. The van der Waals surface area contributed by atoms with E-state index in [4.69, 9.17) is 16.3 Å². The fraction of sp³-hybridized carbons (Fsp3) is 0.364. The minimum atomic E-state index is -0.615. The summed E-state index contributed by atoms with van der Waals surface area (Å²) >= 11 is 5.87. The van der Waals surface area contributed by atoms with Crippen molar-refractivity contribution in [2.24, 2.45) is 5.92 Å². The first kappa shape index (κ1) is 21.8. The van der Waals surface area contributed by atoms with Crippen molar-refractivity contribution in [3.63, 3.8) is 0 Å². The minimum Gasteiger partial charge on any atom is -0.494 e. The number of amides is 2. The maximum absolute atomic E-state index is 12.9. The lowest BCUT2D eigenvalue weighted by Gasteiger charge is -2.27. The smallest absolute Gasteiger partial charge is 0.251 e. The summed E-state index contributed by atoms with van der Waals surface area (Å²) < 4.78 is 5.44. The third-order valence-corrected chi connectivity index (χ3v) is 4.61. The zero-order chi connectivity index (χ0) is 20.7. The molecule has 0 bridgehead atoms. The van der Waals surface area contributed by atoms with E-state index in [2.05, 4.69) is 5.32 Å². The Morgan fingerprint density at radius 2 is 1.68 bits per heavy atom. The van der Waals surface area contributed by atoms with Gasteiger partial charge in [0.15, 0.2) is 0 Å². The zero-order valence-corrected chi connectivity index (χ0v) is 17.5. The molecule has 1 N–H and O–H groups in total. The second kappa shape index (κ2) is 10.1. The molecule has 28 heavy (non-hydrogen) atoms. The van der Waals surface area contributed by atoms with Gasteiger partial charge in [0, 0.05) is 24.2 Å². The summed E-state index contributed by atoms with van der Waals surface area (Å²) in [4.78, 5) is 27.1. The molecule has 0 aliphatic heterocycles. The molecule has 0 radical (unpaired) electrons. The largest absolute Gasteiger partial charge is 0.494 e. The van der Waals surface area contributed by atoms with Crippen LogP contribution < -0.4 is 10.1 Å². The van der Waals surface area contributed by atoms with Gasteiger partial charge in [-0.25, -0.2) is 0 Å². The second-order valence-electron chi connectivity index (χ2n) is 6.97. The van der Waals surface area contributed by atoms with Crippen molar-refractivity contribution in [3.05, 3.63) is 64.7 Å². The summed E-state index contributed by atoms with van der Waals surface area (Å²) in [5.74, 6) is 0.325. The van der Waals surface area contributed by atoms with E-state index in [1.165, 1.54) is 0 Å². The lowest BCUT2D eigenvalue weighted by molar-refractivity contribution is -0.133. The monoisotopic (exact) mass is 402 g/mol. The van der Waals surface area contributed by atoms with Crippen molar-refractivity contribution in [2.45, 2.75) is 33.4 Å². The van der Waals surface area contributed by atoms with E-state index in [1.807, 2.05) is 45.0 Å². The van der Waals surface area contributed by atoms with E-state index in [-0.39, 0.29) is 17.7 Å². The van der Waals surface area contributed by atoms with E-state index in [9.17, 15) is 9.59 Å². The van der Waals surface area contributed by atoms with Crippen LogP contribution in [0.3, 0.4) is 0 Å². The maximum atomic E-state index is 12.9. The number of nitrogens with zero attached hydrogens (tertiary/aromatic N) is 1. The Morgan fingerprint density at radius 1 is 1.07 bits per heavy atom. The molecule has 2 aromatic carbocycles. The minimum absolute atomic E-state index is 0.0495. The highest BCUT2D eigenvalue weighted by atomic mass is 35.5. The molecule has 0 spiro atoms. The summed E-state index contributed by atoms with van der Waals surface area (Å²) in [7, 11) is 1.74. The SMILES string of the molecule is CCOc1ccc(CN(C)C(=O)[C@@H](NC(=O)c2ccc(Cl)cc2)C(C)C)cc1. The van der Waals surface area contributed by atoms with Crippen molar-refractivity contribution >= 4 is 23.4 Å². The first-order chi connectivity index (χ1) is 13.3. The summed E-state index contributed by atoms with van der Waals surface area (Å²) in [6.45, 7) is 6.82. The normalized spacial score (nSPS) is 11.8.